The van der Waals surface area contributed by atoms with Crippen molar-refractivity contribution < 1.29 is 19.1 Å². The van der Waals surface area contributed by atoms with Crippen molar-refractivity contribution >= 4 is 46.4 Å². The van der Waals surface area contributed by atoms with Gasteiger partial charge in [0.2, 0.25) is 5.91 Å². The summed E-state index contributed by atoms with van der Waals surface area (Å²) < 4.78 is 11.0. The van der Waals surface area contributed by atoms with Crippen LogP contribution >= 0.6 is 23.2 Å². The van der Waals surface area contributed by atoms with E-state index in [1.165, 1.54) is 7.11 Å². The van der Waals surface area contributed by atoms with Crippen molar-refractivity contribution in [2.24, 2.45) is 0 Å². The van der Waals surface area contributed by atoms with E-state index in [1.54, 1.807) is 48.2 Å². The summed E-state index contributed by atoms with van der Waals surface area (Å²) in [5.74, 6) is 0.603. The Kier molecular flexibility index (Phi) is 6.31. The number of benzene rings is 2. The van der Waals surface area contributed by atoms with E-state index < -0.39 is 6.10 Å². The molecule has 0 unspecified atom stereocenters. The lowest BCUT2D eigenvalue weighted by atomic mass is 10.2. The fourth-order valence-corrected chi connectivity index (χ4v) is 3.39. The second-order valence-electron chi connectivity index (χ2n) is 6.36. The highest BCUT2D eigenvalue weighted by Gasteiger charge is 2.25. The molecule has 1 atom stereocenters. The summed E-state index contributed by atoms with van der Waals surface area (Å²) in [7, 11) is 1.53. The van der Waals surface area contributed by atoms with Gasteiger partial charge in [0.1, 0.15) is 11.5 Å². The average molecular weight is 423 g/mol. The van der Waals surface area contributed by atoms with Crippen molar-refractivity contribution in [3.63, 3.8) is 0 Å². The molecule has 1 aliphatic heterocycles. The predicted molar refractivity (Wildman–Crippen MR) is 110 cm³/mol. The summed E-state index contributed by atoms with van der Waals surface area (Å²) in [4.78, 5) is 26.2. The fourth-order valence-electron chi connectivity index (χ4n) is 2.94. The van der Waals surface area contributed by atoms with Crippen molar-refractivity contribution in [1.82, 2.24) is 0 Å². The maximum Gasteiger partial charge on any atom is 0.265 e. The second kappa shape index (κ2) is 8.71. The molecule has 1 saturated heterocycles. The molecule has 8 heteroatoms. The zero-order valence-corrected chi connectivity index (χ0v) is 17.0. The lowest BCUT2D eigenvalue weighted by Gasteiger charge is -2.20. The topological polar surface area (TPSA) is 67.9 Å². The normalized spacial score (nSPS) is 14.7. The van der Waals surface area contributed by atoms with E-state index >= 15 is 0 Å². The molecule has 148 valence electrons. The zero-order valence-electron chi connectivity index (χ0n) is 15.5. The van der Waals surface area contributed by atoms with E-state index in [0.717, 1.165) is 6.42 Å². The first-order valence-corrected chi connectivity index (χ1v) is 9.55. The number of hydrogen-bond donors (Lipinski definition) is 1. The lowest BCUT2D eigenvalue weighted by Crippen LogP contribution is -2.30. The first-order valence-electron chi connectivity index (χ1n) is 8.80. The number of nitrogens with one attached hydrogen (secondary N) is 1. The lowest BCUT2D eigenvalue weighted by molar-refractivity contribution is -0.122. The molecule has 0 bridgehead atoms. The Bertz CT molecular complexity index is 904. The van der Waals surface area contributed by atoms with E-state index in [9.17, 15) is 9.59 Å². The molecule has 1 aliphatic rings. The molecular weight excluding hydrogens is 403 g/mol. The van der Waals surface area contributed by atoms with Crippen LogP contribution in [-0.2, 0) is 9.59 Å². The van der Waals surface area contributed by atoms with Crippen LogP contribution in [0, 0.1) is 0 Å². The minimum Gasteiger partial charge on any atom is -0.494 e. The number of methoxy groups -OCH3 is 1. The largest absolute Gasteiger partial charge is 0.494 e. The SMILES string of the molecule is COc1cc(NC(=O)[C@H](C)Oc2ccc(Cl)cc2Cl)ccc1N1CCCC1=O. The van der Waals surface area contributed by atoms with Gasteiger partial charge in [-0.25, -0.2) is 0 Å². The number of nitrogens with zero attached hydrogens (tertiary/aromatic N) is 1. The van der Waals surface area contributed by atoms with Crippen LogP contribution in [0.15, 0.2) is 36.4 Å². The smallest absolute Gasteiger partial charge is 0.265 e. The monoisotopic (exact) mass is 422 g/mol. The molecule has 1 heterocycles. The molecule has 1 fully saturated rings. The Morgan fingerprint density at radius 3 is 2.61 bits per heavy atom. The fraction of sp³-hybridized carbons (Fsp3) is 0.300. The minimum absolute atomic E-state index is 0.0666. The molecule has 2 aromatic carbocycles. The number of amides is 2. The summed E-state index contributed by atoms with van der Waals surface area (Å²) in [5.41, 5.74) is 1.23. The van der Waals surface area contributed by atoms with Gasteiger partial charge < -0.3 is 19.7 Å². The Balaban J connectivity index is 1.70. The predicted octanol–water partition coefficient (Wildman–Crippen LogP) is 4.53. The van der Waals surface area contributed by atoms with Crippen molar-refractivity contribution in [3.05, 3.63) is 46.4 Å². The number of carbonyl (C=O) groups excluding carboxylic acids is 2. The van der Waals surface area contributed by atoms with Gasteiger partial charge in [0.15, 0.2) is 6.10 Å². The molecule has 2 amide bonds. The quantitative estimate of drug-likeness (QED) is 0.741. The van der Waals surface area contributed by atoms with Crippen molar-refractivity contribution in [2.45, 2.75) is 25.9 Å². The van der Waals surface area contributed by atoms with Crippen molar-refractivity contribution in [3.8, 4) is 11.5 Å². The number of rotatable bonds is 6. The Morgan fingerprint density at radius 1 is 1.18 bits per heavy atom. The van der Waals surface area contributed by atoms with E-state index in [1.807, 2.05) is 0 Å². The number of halogens is 2. The Labute approximate surface area is 173 Å². The van der Waals surface area contributed by atoms with E-state index in [4.69, 9.17) is 32.7 Å². The second-order valence-corrected chi connectivity index (χ2v) is 7.20. The first kappa shape index (κ1) is 20.3. The van der Waals surface area contributed by atoms with Crippen molar-refractivity contribution in [2.75, 3.05) is 23.9 Å². The zero-order chi connectivity index (χ0) is 20.3. The van der Waals surface area contributed by atoms with Gasteiger partial charge in [0.05, 0.1) is 17.8 Å². The highest BCUT2D eigenvalue weighted by atomic mass is 35.5. The minimum atomic E-state index is -0.787. The van der Waals surface area contributed by atoms with Gasteiger partial charge in [0, 0.05) is 29.7 Å². The molecule has 2 aromatic rings. The van der Waals surface area contributed by atoms with Crippen LogP contribution in [0.4, 0.5) is 11.4 Å². The molecule has 3 rings (SSSR count). The van der Waals surface area contributed by atoms with Crippen LogP contribution in [0.3, 0.4) is 0 Å². The summed E-state index contributed by atoms with van der Waals surface area (Å²) in [6, 6.07) is 9.96. The number of anilines is 2. The van der Waals surface area contributed by atoms with Crippen LogP contribution in [0.2, 0.25) is 10.0 Å². The van der Waals surface area contributed by atoms with Gasteiger partial charge in [-0.15, -0.1) is 0 Å². The summed E-state index contributed by atoms with van der Waals surface area (Å²) in [6.07, 6.45) is 0.566. The van der Waals surface area contributed by atoms with Gasteiger partial charge in [0.25, 0.3) is 5.91 Å². The molecule has 28 heavy (non-hydrogen) atoms. The van der Waals surface area contributed by atoms with Gasteiger partial charge in [-0.3, -0.25) is 9.59 Å². The standard InChI is InChI=1S/C20H20Cl2N2O4/c1-12(28-17-8-5-13(21)10-15(17)22)20(26)23-14-6-7-16(18(11-14)27-2)24-9-3-4-19(24)25/h5-8,10-12H,3-4,9H2,1-2H3,(H,23,26)/t12-/m0/s1. The molecule has 0 saturated carbocycles. The van der Waals surface area contributed by atoms with Gasteiger partial charge >= 0.3 is 0 Å². The summed E-state index contributed by atoms with van der Waals surface area (Å²) in [5, 5.41) is 3.59. The maximum absolute atomic E-state index is 12.5. The first-order chi connectivity index (χ1) is 13.4. The van der Waals surface area contributed by atoms with Crippen LogP contribution in [0.25, 0.3) is 0 Å². The van der Waals surface area contributed by atoms with Crippen LogP contribution < -0.4 is 19.7 Å². The molecule has 6 nitrogen and oxygen atoms in total. The molecule has 0 aromatic heterocycles. The van der Waals surface area contributed by atoms with Gasteiger partial charge in [-0.05, 0) is 43.7 Å². The van der Waals surface area contributed by atoms with Gasteiger partial charge in [-0.1, -0.05) is 23.2 Å². The number of ether oxygens (including phenoxy) is 2. The van der Waals surface area contributed by atoms with Crippen LogP contribution in [0.5, 0.6) is 11.5 Å². The van der Waals surface area contributed by atoms with Crippen LogP contribution in [-0.4, -0.2) is 31.6 Å². The maximum atomic E-state index is 12.5. The summed E-state index contributed by atoms with van der Waals surface area (Å²) >= 11 is 11.9. The molecule has 0 radical (unpaired) electrons. The third-order valence-corrected chi connectivity index (χ3v) is 4.91. The average Bonchev–Trinajstić information content (AvgIpc) is 3.09. The number of hydrogen-bond acceptors (Lipinski definition) is 4. The summed E-state index contributed by atoms with van der Waals surface area (Å²) in [6.45, 7) is 2.28. The van der Waals surface area contributed by atoms with E-state index in [2.05, 4.69) is 5.32 Å². The van der Waals surface area contributed by atoms with Crippen LogP contribution in [0.1, 0.15) is 19.8 Å². The highest BCUT2D eigenvalue weighted by Crippen LogP contribution is 2.34. The number of carbonyl (C=O) groups is 2. The van der Waals surface area contributed by atoms with E-state index in [0.29, 0.717) is 45.9 Å². The highest BCUT2D eigenvalue weighted by molar-refractivity contribution is 6.35. The molecular formula is C20H20Cl2N2O4. The van der Waals surface area contributed by atoms with E-state index in [-0.39, 0.29) is 11.8 Å². The Hall–Kier alpha value is -2.44. The molecule has 0 aliphatic carbocycles. The molecule has 1 N–H and O–H groups in total. The van der Waals surface area contributed by atoms with Crippen molar-refractivity contribution in [1.29, 1.82) is 0 Å². The molecule has 0 spiro atoms. The third-order valence-electron chi connectivity index (χ3n) is 4.38. The third kappa shape index (κ3) is 4.51. The van der Waals surface area contributed by atoms with Gasteiger partial charge in [-0.2, -0.15) is 0 Å². The Morgan fingerprint density at radius 2 is 1.96 bits per heavy atom.